The van der Waals surface area contributed by atoms with Crippen LogP contribution in [0.5, 0.6) is 5.75 Å². The number of benzene rings is 1. The molecule has 0 aromatic heterocycles. The summed E-state index contributed by atoms with van der Waals surface area (Å²) in [5.74, 6) is 0.670. The number of hydrogen-bond donors (Lipinski definition) is 1. The highest BCUT2D eigenvalue weighted by Crippen LogP contribution is 2.25. The Hall–Kier alpha value is -1.81. The quantitative estimate of drug-likeness (QED) is 0.839. The molecule has 108 valence electrons. The molecule has 1 aromatic carbocycles. The van der Waals surface area contributed by atoms with Gasteiger partial charge in [0.15, 0.2) is 0 Å². The molecule has 1 fully saturated rings. The van der Waals surface area contributed by atoms with Crippen LogP contribution in [0.25, 0.3) is 6.08 Å². The fraction of sp³-hybridized carbons (Fsp3) is 0.438. The molecule has 4 heteroatoms. The molecule has 0 aliphatic carbocycles. The summed E-state index contributed by atoms with van der Waals surface area (Å²) in [7, 11) is 1.66. The number of hydrogen-bond acceptors (Lipinski definition) is 3. The lowest BCUT2D eigenvalue weighted by Crippen LogP contribution is -2.20. The molecule has 1 saturated heterocycles. The Kier molecular flexibility index (Phi) is 4.79. The summed E-state index contributed by atoms with van der Waals surface area (Å²) in [5, 5.41) is 8.68. The van der Waals surface area contributed by atoms with Crippen molar-refractivity contribution >= 4 is 12.0 Å². The zero-order chi connectivity index (χ0) is 14.5. The van der Waals surface area contributed by atoms with E-state index < -0.39 is 5.97 Å². The molecule has 1 heterocycles. The molecule has 1 aliphatic rings. The van der Waals surface area contributed by atoms with Crippen molar-refractivity contribution in [2.75, 3.05) is 20.2 Å². The Bertz CT molecular complexity index is 510. The Morgan fingerprint density at radius 2 is 2.35 bits per heavy atom. The van der Waals surface area contributed by atoms with Crippen LogP contribution < -0.4 is 4.74 Å². The van der Waals surface area contributed by atoms with Crippen LogP contribution >= 0.6 is 0 Å². The molecule has 2 rings (SSSR count). The van der Waals surface area contributed by atoms with Crippen LogP contribution in [-0.2, 0) is 11.3 Å². The van der Waals surface area contributed by atoms with Gasteiger partial charge in [0.1, 0.15) is 5.75 Å². The van der Waals surface area contributed by atoms with Gasteiger partial charge in [-0.05, 0) is 42.7 Å². The van der Waals surface area contributed by atoms with Crippen molar-refractivity contribution in [3.05, 3.63) is 35.4 Å². The first-order valence-corrected chi connectivity index (χ1v) is 6.88. The van der Waals surface area contributed by atoms with E-state index in [0.29, 0.717) is 0 Å². The fourth-order valence-electron chi connectivity index (χ4n) is 2.60. The van der Waals surface area contributed by atoms with Crippen molar-refractivity contribution in [1.29, 1.82) is 0 Å². The Labute approximate surface area is 119 Å². The zero-order valence-electron chi connectivity index (χ0n) is 12.0. The van der Waals surface area contributed by atoms with Gasteiger partial charge in [-0.1, -0.05) is 13.0 Å². The highest BCUT2D eigenvalue weighted by Gasteiger charge is 2.19. The number of aliphatic carboxylic acids is 1. The predicted octanol–water partition coefficient (Wildman–Crippen LogP) is 2.63. The molecule has 1 aliphatic heterocycles. The topological polar surface area (TPSA) is 49.8 Å². The number of ether oxygens (including phenoxy) is 1. The molecule has 0 spiro atoms. The van der Waals surface area contributed by atoms with Crippen LogP contribution in [-0.4, -0.2) is 36.2 Å². The maximum atomic E-state index is 10.6. The smallest absolute Gasteiger partial charge is 0.328 e. The fourth-order valence-corrected chi connectivity index (χ4v) is 2.60. The second kappa shape index (κ2) is 6.57. The molecule has 1 atom stereocenters. The third-order valence-electron chi connectivity index (χ3n) is 3.62. The third-order valence-corrected chi connectivity index (χ3v) is 3.62. The SMILES string of the molecule is COc1ccc(C=CC(=O)O)cc1CN1CCC(C)C1. The number of methoxy groups -OCH3 is 1. The van der Waals surface area contributed by atoms with Crippen molar-refractivity contribution < 1.29 is 14.6 Å². The standard InChI is InChI=1S/C16H21NO3/c1-12-7-8-17(10-12)11-14-9-13(4-6-16(18)19)3-5-15(14)20-2/h3-6,9,12H,7-8,10-11H2,1-2H3,(H,18,19). The van der Waals surface area contributed by atoms with Crippen molar-refractivity contribution in [2.24, 2.45) is 5.92 Å². The minimum absolute atomic E-state index is 0.746. The lowest BCUT2D eigenvalue weighted by molar-refractivity contribution is -0.131. The number of rotatable bonds is 5. The lowest BCUT2D eigenvalue weighted by atomic mass is 10.1. The summed E-state index contributed by atoms with van der Waals surface area (Å²) in [6.45, 7) is 5.34. The molecule has 20 heavy (non-hydrogen) atoms. The average Bonchev–Trinajstić information content (AvgIpc) is 2.82. The lowest BCUT2D eigenvalue weighted by Gasteiger charge is -2.17. The molecule has 0 saturated carbocycles. The number of nitrogens with zero attached hydrogens (tertiary/aromatic N) is 1. The van der Waals surface area contributed by atoms with E-state index in [1.165, 1.54) is 6.42 Å². The van der Waals surface area contributed by atoms with E-state index in [9.17, 15) is 4.79 Å². The molecule has 0 bridgehead atoms. The number of carboxylic acid groups (broad SMARTS) is 1. The van der Waals surface area contributed by atoms with E-state index in [1.807, 2.05) is 18.2 Å². The van der Waals surface area contributed by atoms with Crippen LogP contribution in [0.3, 0.4) is 0 Å². The largest absolute Gasteiger partial charge is 0.496 e. The molecule has 1 unspecified atom stereocenters. The van der Waals surface area contributed by atoms with Gasteiger partial charge in [0.05, 0.1) is 7.11 Å². The van der Waals surface area contributed by atoms with Gasteiger partial charge in [0, 0.05) is 24.7 Å². The Morgan fingerprint density at radius 3 is 2.95 bits per heavy atom. The van der Waals surface area contributed by atoms with Crippen LogP contribution in [0.1, 0.15) is 24.5 Å². The van der Waals surface area contributed by atoms with E-state index in [0.717, 1.165) is 48.5 Å². The van der Waals surface area contributed by atoms with E-state index in [-0.39, 0.29) is 0 Å². The summed E-state index contributed by atoms with van der Waals surface area (Å²) < 4.78 is 5.40. The van der Waals surface area contributed by atoms with Gasteiger partial charge in [-0.25, -0.2) is 4.79 Å². The molecule has 1 aromatic rings. The zero-order valence-corrected chi connectivity index (χ0v) is 12.0. The van der Waals surface area contributed by atoms with E-state index in [4.69, 9.17) is 9.84 Å². The van der Waals surface area contributed by atoms with Gasteiger partial charge in [0.25, 0.3) is 0 Å². The summed E-state index contributed by atoms with van der Waals surface area (Å²) >= 11 is 0. The van der Waals surface area contributed by atoms with Gasteiger partial charge in [-0.2, -0.15) is 0 Å². The molecule has 0 amide bonds. The number of carbonyl (C=O) groups is 1. The third kappa shape index (κ3) is 3.84. The van der Waals surface area contributed by atoms with Crippen LogP contribution in [0, 0.1) is 5.92 Å². The highest BCUT2D eigenvalue weighted by molar-refractivity contribution is 5.85. The Balaban J connectivity index is 2.16. The van der Waals surface area contributed by atoms with E-state index in [2.05, 4.69) is 11.8 Å². The number of carboxylic acids is 1. The Morgan fingerprint density at radius 1 is 1.55 bits per heavy atom. The summed E-state index contributed by atoms with van der Waals surface area (Å²) in [5.41, 5.74) is 1.99. The van der Waals surface area contributed by atoms with Crippen LogP contribution in [0.4, 0.5) is 0 Å². The molecule has 0 radical (unpaired) electrons. The van der Waals surface area contributed by atoms with Gasteiger partial charge >= 0.3 is 5.97 Å². The number of likely N-dealkylation sites (tertiary alicyclic amines) is 1. The van der Waals surface area contributed by atoms with Crippen molar-refractivity contribution in [3.8, 4) is 5.75 Å². The predicted molar refractivity (Wildman–Crippen MR) is 78.7 cm³/mol. The van der Waals surface area contributed by atoms with Crippen LogP contribution in [0.2, 0.25) is 0 Å². The summed E-state index contributed by atoms with van der Waals surface area (Å²) in [6, 6.07) is 5.77. The van der Waals surface area contributed by atoms with Gasteiger partial charge in [0.2, 0.25) is 0 Å². The average molecular weight is 275 g/mol. The van der Waals surface area contributed by atoms with Crippen molar-refractivity contribution in [2.45, 2.75) is 19.9 Å². The van der Waals surface area contributed by atoms with Gasteiger partial charge in [-0.3, -0.25) is 4.90 Å². The first kappa shape index (κ1) is 14.6. The molecular weight excluding hydrogens is 254 g/mol. The van der Waals surface area contributed by atoms with E-state index in [1.54, 1.807) is 13.2 Å². The van der Waals surface area contributed by atoms with Crippen LogP contribution in [0.15, 0.2) is 24.3 Å². The second-order valence-corrected chi connectivity index (χ2v) is 5.37. The summed E-state index contributed by atoms with van der Waals surface area (Å²) in [6.07, 6.45) is 4.00. The first-order valence-electron chi connectivity index (χ1n) is 6.88. The highest BCUT2D eigenvalue weighted by atomic mass is 16.5. The monoisotopic (exact) mass is 275 g/mol. The van der Waals surface area contributed by atoms with Crippen molar-refractivity contribution in [1.82, 2.24) is 4.90 Å². The van der Waals surface area contributed by atoms with Crippen molar-refractivity contribution in [3.63, 3.8) is 0 Å². The maximum Gasteiger partial charge on any atom is 0.328 e. The maximum absolute atomic E-state index is 10.6. The van der Waals surface area contributed by atoms with Gasteiger partial charge in [-0.15, -0.1) is 0 Å². The minimum Gasteiger partial charge on any atom is -0.496 e. The van der Waals surface area contributed by atoms with E-state index >= 15 is 0 Å². The normalized spacial score (nSPS) is 19.6. The summed E-state index contributed by atoms with van der Waals surface area (Å²) in [4.78, 5) is 13.0. The second-order valence-electron chi connectivity index (χ2n) is 5.37. The molecule has 1 N–H and O–H groups in total. The minimum atomic E-state index is -0.935. The van der Waals surface area contributed by atoms with Gasteiger partial charge < -0.3 is 9.84 Å². The molecular formula is C16H21NO3. The first-order chi connectivity index (χ1) is 9.58. The molecule has 4 nitrogen and oxygen atoms in total.